The van der Waals surface area contributed by atoms with E-state index in [0.717, 1.165) is 24.0 Å². The van der Waals surface area contributed by atoms with Gasteiger partial charge in [-0.3, -0.25) is 0 Å². The quantitative estimate of drug-likeness (QED) is 0.579. The molecule has 0 radical (unpaired) electrons. The van der Waals surface area contributed by atoms with E-state index in [-0.39, 0.29) is 5.97 Å². The lowest BCUT2D eigenvalue weighted by Gasteiger charge is -2.06. The molecule has 102 valence electrons. The van der Waals surface area contributed by atoms with Crippen LogP contribution in [0.5, 0.6) is 0 Å². The summed E-state index contributed by atoms with van der Waals surface area (Å²) in [5.74, 6) is -0.283. The SMILES string of the molecule is C=CCCc1cccc(C(=O)OCc2ccccc2)c1. The molecule has 2 aromatic carbocycles. The minimum Gasteiger partial charge on any atom is -0.457 e. The van der Waals surface area contributed by atoms with Gasteiger partial charge < -0.3 is 4.74 Å². The van der Waals surface area contributed by atoms with Crippen LogP contribution >= 0.6 is 0 Å². The van der Waals surface area contributed by atoms with E-state index in [1.807, 2.05) is 54.6 Å². The smallest absolute Gasteiger partial charge is 0.338 e. The Hall–Kier alpha value is -2.35. The third-order valence-corrected chi connectivity index (χ3v) is 3.01. The van der Waals surface area contributed by atoms with Crippen LogP contribution in [0.3, 0.4) is 0 Å². The standard InChI is InChI=1S/C18H18O2/c1-2-3-8-15-11-7-12-17(13-15)18(19)20-14-16-9-5-4-6-10-16/h2,4-7,9-13H,1,3,8,14H2. The van der Waals surface area contributed by atoms with Gasteiger partial charge in [0.05, 0.1) is 5.56 Å². The molecule has 0 saturated carbocycles. The van der Waals surface area contributed by atoms with E-state index in [4.69, 9.17) is 4.74 Å². The van der Waals surface area contributed by atoms with Gasteiger partial charge in [-0.15, -0.1) is 6.58 Å². The third-order valence-electron chi connectivity index (χ3n) is 3.01. The largest absolute Gasteiger partial charge is 0.457 e. The molecule has 2 aromatic rings. The van der Waals surface area contributed by atoms with Crippen LogP contribution in [0.25, 0.3) is 0 Å². The van der Waals surface area contributed by atoms with Crippen LogP contribution in [0, 0.1) is 0 Å². The Kier molecular flexibility index (Phi) is 5.13. The molecular weight excluding hydrogens is 248 g/mol. The minimum atomic E-state index is -0.283. The molecular formula is C18H18O2. The van der Waals surface area contributed by atoms with Crippen LogP contribution < -0.4 is 0 Å². The summed E-state index contributed by atoms with van der Waals surface area (Å²) in [6.45, 7) is 4.01. The topological polar surface area (TPSA) is 26.3 Å². The first-order valence-corrected chi connectivity index (χ1v) is 6.70. The molecule has 0 N–H and O–H groups in total. The summed E-state index contributed by atoms with van der Waals surface area (Å²) < 4.78 is 5.31. The van der Waals surface area contributed by atoms with Crippen molar-refractivity contribution in [3.63, 3.8) is 0 Å². The van der Waals surface area contributed by atoms with Crippen LogP contribution in [0.1, 0.15) is 27.9 Å². The molecule has 0 fully saturated rings. The van der Waals surface area contributed by atoms with Crippen molar-refractivity contribution < 1.29 is 9.53 Å². The van der Waals surface area contributed by atoms with Crippen LogP contribution in [0.15, 0.2) is 67.3 Å². The first kappa shape index (κ1) is 14.1. The van der Waals surface area contributed by atoms with Crippen LogP contribution in [-0.2, 0) is 17.8 Å². The van der Waals surface area contributed by atoms with E-state index >= 15 is 0 Å². The minimum absolute atomic E-state index is 0.283. The van der Waals surface area contributed by atoms with E-state index in [1.165, 1.54) is 0 Å². The van der Waals surface area contributed by atoms with Crippen molar-refractivity contribution in [2.45, 2.75) is 19.4 Å². The molecule has 20 heavy (non-hydrogen) atoms. The molecule has 2 rings (SSSR count). The van der Waals surface area contributed by atoms with Gasteiger partial charge in [-0.05, 0) is 36.1 Å². The molecule has 0 aliphatic carbocycles. The van der Waals surface area contributed by atoms with E-state index in [1.54, 1.807) is 6.07 Å². The van der Waals surface area contributed by atoms with Gasteiger partial charge in [0.15, 0.2) is 0 Å². The maximum atomic E-state index is 12.0. The number of esters is 1. The number of hydrogen-bond acceptors (Lipinski definition) is 2. The van der Waals surface area contributed by atoms with Crippen molar-refractivity contribution in [2.24, 2.45) is 0 Å². The Morgan fingerprint density at radius 3 is 2.55 bits per heavy atom. The summed E-state index contributed by atoms with van der Waals surface area (Å²) in [7, 11) is 0. The highest BCUT2D eigenvalue weighted by atomic mass is 16.5. The van der Waals surface area contributed by atoms with Crippen molar-refractivity contribution in [1.82, 2.24) is 0 Å². The summed E-state index contributed by atoms with van der Waals surface area (Å²) in [6.07, 6.45) is 3.67. The zero-order valence-corrected chi connectivity index (χ0v) is 11.4. The molecule has 0 bridgehead atoms. The highest BCUT2D eigenvalue weighted by Gasteiger charge is 2.07. The first-order chi connectivity index (χ1) is 9.79. The fourth-order valence-corrected chi connectivity index (χ4v) is 1.93. The summed E-state index contributed by atoms with van der Waals surface area (Å²) in [4.78, 5) is 12.0. The summed E-state index contributed by atoms with van der Waals surface area (Å²) in [5, 5.41) is 0. The van der Waals surface area contributed by atoms with Gasteiger partial charge in [0.2, 0.25) is 0 Å². The molecule has 0 unspecified atom stereocenters. The maximum Gasteiger partial charge on any atom is 0.338 e. The van der Waals surface area contributed by atoms with Crippen molar-refractivity contribution in [2.75, 3.05) is 0 Å². The van der Waals surface area contributed by atoms with Gasteiger partial charge >= 0.3 is 5.97 Å². The van der Waals surface area contributed by atoms with Crippen molar-refractivity contribution >= 4 is 5.97 Å². The maximum absolute atomic E-state index is 12.0. The van der Waals surface area contributed by atoms with E-state index in [2.05, 4.69) is 6.58 Å². The Labute approximate surface area is 119 Å². The molecule has 0 aliphatic heterocycles. The number of ether oxygens (including phenoxy) is 1. The highest BCUT2D eigenvalue weighted by molar-refractivity contribution is 5.89. The number of hydrogen-bond donors (Lipinski definition) is 0. The lowest BCUT2D eigenvalue weighted by molar-refractivity contribution is 0.0472. The van der Waals surface area contributed by atoms with Gasteiger partial charge in [-0.1, -0.05) is 48.5 Å². The van der Waals surface area contributed by atoms with Gasteiger partial charge in [0.1, 0.15) is 6.61 Å². The number of benzene rings is 2. The first-order valence-electron chi connectivity index (χ1n) is 6.70. The summed E-state index contributed by atoms with van der Waals surface area (Å²) >= 11 is 0. The number of allylic oxidation sites excluding steroid dienone is 1. The number of carbonyl (C=O) groups excluding carboxylic acids is 1. The Bertz CT molecular complexity index is 573. The fourth-order valence-electron chi connectivity index (χ4n) is 1.93. The third kappa shape index (κ3) is 4.09. The van der Waals surface area contributed by atoms with E-state index in [0.29, 0.717) is 12.2 Å². The zero-order chi connectivity index (χ0) is 14.2. The summed E-state index contributed by atoms with van der Waals surface area (Å²) in [6, 6.07) is 17.2. The molecule has 0 aromatic heterocycles. The number of carbonyl (C=O) groups is 1. The molecule has 0 spiro atoms. The second-order valence-electron chi connectivity index (χ2n) is 4.59. The normalized spacial score (nSPS) is 10.0. The fraction of sp³-hybridized carbons (Fsp3) is 0.167. The molecule has 0 aliphatic rings. The average Bonchev–Trinajstić information content (AvgIpc) is 2.52. The molecule has 2 nitrogen and oxygen atoms in total. The van der Waals surface area contributed by atoms with Crippen molar-refractivity contribution in [3.05, 3.63) is 83.9 Å². The second kappa shape index (κ2) is 7.29. The monoisotopic (exact) mass is 266 g/mol. The highest BCUT2D eigenvalue weighted by Crippen LogP contribution is 2.10. The van der Waals surface area contributed by atoms with Gasteiger partial charge in [0.25, 0.3) is 0 Å². The summed E-state index contributed by atoms with van der Waals surface area (Å²) in [5.41, 5.74) is 2.71. The lowest BCUT2D eigenvalue weighted by atomic mass is 10.1. The van der Waals surface area contributed by atoms with E-state index < -0.39 is 0 Å². The Morgan fingerprint density at radius 1 is 1.05 bits per heavy atom. The van der Waals surface area contributed by atoms with Gasteiger partial charge in [-0.2, -0.15) is 0 Å². The molecule has 0 atom stereocenters. The van der Waals surface area contributed by atoms with Gasteiger partial charge in [0, 0.05) is 0 Å². The predicted octanol–water partition coefficient (Wildman–Crippen LogP) is 4.16. The molecule has 0 amide bonds. The lowest BCUT2D eigenvalue weighted by Crippen LogP contribution is -2.05. The number of aryl methyl sites for hydroxylation is 1. The average molecular weight is 266 g/mol. The van der Waals surface area contributed by atoms with Crippen LogP contribution in [-0.4, -0.2) is 5.97 Å². The van der Waals surface area contributed by atoms with E-state index in [9.17, 15) is 4.79 Å². The number of rotatable bonds is 6. The Balaban J connectivity index is 1.96. The van der Waals surface area contributed by atoms with Crippen LogP contribution in [0.4, 0.5) is 0 Å². The van der Waals surface area contributed by atoms with Crippen LogP contribution in [0.2, 0.25) is 0 Å². The van der Waals surface area contributed by atoms with Gasteiger partial charge in [-0.25, -0.2) is 4.79 Å². The molecule has 2 heteroatoms. The zero-order valence-electron chi connectivity index (χ0n) is 11.4. The van der Waals surface area contributed by atoms with Crippen molar-refractivity contribution in [1.29, 1.82) is 0 Å². The Morgan fingerprint density at radius 2 is 1.80 bits per heavy atom. The predicted molar refractivity (Wildman–Crippen MR) is 80.5 cm³/mol. The molecule has 0 heterocycles. The van der Waals surface area contributed by atoms with Crippen molar-refractivity contribution in [3.8, 4) is 0 Å². The second-order valence-corrected chi connectivity index (χ2v) is 4.59. The molecule has 0 saturated heterocycles.